The Morgan fingerprint density at radius 3 is 1.47 bits per heavy atom. The van der Waals surface area contributed by atoms with E-state index in [0.29, 0.717) is 19.3 Å². The SMILES string of the molecule is CCC(C)C12CC3(F)CC(F)(CC(F)(C3)C1)C2. The van der Waals surface area contributed by atoms with Gasteiger partial charge in [-0.3, -0.25) is 0 Å². The van der Waals surface area contributed by atoms with Gasteiger partial charge in [-0.15, -0.1) is 0 Å². The molecule has 4 fully saturated rings. The van der Waals surface area contributed by atoms with E-state index in [2.05, 4.69) is 0 Å². The summed E-state index contributed by atoms with van der Waals surface area (Å²) in [6, 6.07) is 0. The van der Waals surface area contributed by atoms with Crippen LogP contribution in [0.25, 0.3) is 0 Å². The van der Waals surface area contributed by atoms with E-state index in [0.717, 1.165) is 6.42 Å². The summed E-state index contributed by atoms with van der Waals surface area (Å²) in [5.41, 5.74) is -5.17. The van der Waals surface area contributed by atoms with Gasteiger partial charge in [-0.05, 0) is 30.6 Å². The van der Waals surface area contributed by atoms with Crippen molar-refractivity contribution in [2.45, 2.75) is 75.8 Å². The van der Waals surface area contributed by atoms with Gasteiger partial charge >= 0.3 is 0 Å². The van der Waals surface area contributed by atoms with E-state index in [9.17, 15) is 13.2 Å². The predicted octanol–water partition coefficient (Wildman–Crippen LogP) is 4.53. The maximum absolute atomic E-state index is 14.6. The number of rotatable bonds is 2. The summed E-state index contributed by atoms with van der Waals surface area (Å²) in [7, 11) is 0. The second-order valence-corrected chi connectivity index (χ2v) is 7.19. The topological polar surface area (TPSA) is 0 Å². The maximum atomic E-state index is 14.6. The molecular weight excluding hydrogens is 225 g/mol. The van der Waals surface area contributed by atoms with Crippen LogP contribution in [0.15, 0.2) is 0 Å². The molecule has 4 bridgehead atoms. The summed E-state index contributed by atoms with van der Waals surface area (Å²) < 4.78 is 43.9. The highest BCUT2D eigenvalue weighted by atomic mass is 19.2. The Labute approximate surface area is 101 Å². The van der Waals surface area contributed by atoms with Gasteiger partial charge in [0.05, 0.1) is 0 Å². The predicted molar refractivity (Wildman–Crippen MR) is 61.1 cm³/mol. The molecule has 0 heterocycles. The molecule has 4 rings (SSSR count). The molecule has 0 aromatic rings. The van der Waals surface area contributed by atoms with Gasteiger partial charge in [0.15, 0.2) is 0 Å². The van der Waals surface area contributed by atoms with Gasteiger partial charge in [0.2, 0.25) is 0 Å². The van der Waals surface area contributed by atoms with Crippen LogP contribution in [0.3, 0.4) is 0 Å². The van der Waals surface area contributed by atoms with E-state index >= 15 is 0 Å². The quantitative estimate of drug-likeness (QED) is 0.671. The highest BCUT2D eigenvalue weighted by Gasteiger charge is 2.70. The number of alkyl halides is 3. The van der Waals surface area contributed by atoms with Gasteiger partial charge in [-0.2, -0.15) is 0 Å². The molecule has 0 N–H and O–H groups in total. The van der Waals surface area contributed by atoms with Crippen molar-refractivity contribution >= 4 is 0 Å². The van der Waals surface area contributed by atoms with Gasteiger partial charge in [0.25, 0.3) is 0 Å². The Kier molecular flexibility index (Phi) is 2.11. The molecule has 98 valence electrons. The average molecular weight is 246 g/mol. The zero-order valence-corrected chi connectivity index (χ0v) is 10.7. The van der Waals surface area contributed by atoms with Crippen LogP contribution in [0.5, 0.6) is 0 Å². The molecule has 1 unspecified atom stereocenters. The molecule has 3 heteroatoms. The standard InChI is InChI=1S/C14H21F3/c1-3-10(2)11-4-12(15)7-13(16,5-11)9-14(17,6-11)8-12/h10H,3-9H2,1-2H3. The molecule has 4 aliphatic rings. The molecule has 0 aromatic carbocycles. The van der Waals surface area contributed by atoms with E-state index in [1.165, 1.54) is 0 Å². The lowest BCUT2D eigenvalue weighted by molar-refractivity contribution is -0.229. The maximum Gasteiger partial charge on any atom is 0.117 e. The van der Waals surface area contributed by atoms with Crippen LogP contribution in [0.2, 0.25) is 0 Å². The van der Waals surface area contributed by atoms with Crippen LogP contribution in [0.4, 0.5) is 13.2 Å². The van der Waals surface area contributed by atoms with Gasteiger partial charge < -0.3 is 0 Å². The monoisotopic (exact) mass is 246 g/mol. The zero-order valence-electron chi connectivity index (χ0n) is 10.7. The van der Waals surface area contributed by atoms with E-state index < -0.39 is 22.4 Å². The van der Waals surface area contributed by atoms with Crippen LogP contribution in [-0.4, -0.2) is 17.0 Å². The summed E-state index contributed by atoms with van der Waals surface area (Å²) in [6.07, 6.45) is 1.82. The average Bonchev–Trinajstić information content (AvgIpc) is 2.08. The van der Waals surface area contributed by atoms with Crippen molar-refractivity contribution in [3.8, 4) is 0 Å². The van der Waals surface area contributed by atoms with Crippen molar-refractivity contribution in [2.24, 2.45) is 11.3 Å². The van der Waals surface area contributed by atoms with Crippen molar-refractivity contribution in [3.63, 3.8) is 0 Å². The smallest absolute Gasteiger partial charge is 0.117 e. The number of hydrogen-bond donors (Lipinski definition) is 0. The van der Waals surface area contributed by atoms with Gasteiger partial charge in [-0.25, -0.2) is 13.2 Å². The first-order valence-electron chi connectivity index (χ1n) is 6.79. The molecule has 4 aliphatic carbocycles. The Morgan fingerprint density at radius 2 is 1.18 bits per heavy atom. The lowest BCUT2D eigenvalue weighted by atomic mass is 9.43. The van der Waals surface area contributed by atoms with Crippen LogP contribution < -0.4 is 0 Å². The Hall–Kier alpha value is -0.210. The van der Waals surface area contributed by atoms with Crippen molar-refractivity contribution in [1.82, 2.24) is 0 Å². The van der Waals surface area contributed by atoms with Crippen LogP contribution in [-0.2, 0) is 0 Å². The summed E-state index contributed by atoms with van der Waals surface area (Å²) in [5.74, 6) is 0.212. The second kappa shape index (κ2) is 3.03. The highest BCUT2D eigenvalue weighted by molar-refractivity contribution is 5.21. The molecular formula is C14H21F3. The third kappa shape index (κ3) is 1.57. The van der Waals surface area contributed by atoms with Crippen molar-refractivity contribution < 1.29 is 13.2 Å². The first-order chi connectivity index (χ1) is 7.72. The summed E-state index contributed by atoms with van der Waals surface area (Å²) in [4.78, 5) is 0. The highest BCUT2D eigenvalue weighted by Crippen LogP contribution is 2.70. The molecule has 4 saturated carbocycles. The second-order valence-electron chi connectivity index (χ2n) is 7.19. The molecule has 0 saturated heterocycles. The Morgan fingerprint density at radius 1 is 0.824 bits per heavy atom. The summed E-state index contributed by atoms with van der Waals surface area (Å²) >= 11 is 0. The first-order valence-corrected chi connectivity index (χ1v) is 6.79. The van der Waals surface area contributed by atoms with E-state index in [1.54, 1.807) is 0 Å². The lowest BCUT2D eigenvalue weighted by Gasteiger charge is -2.65. The molecule has 0 amide bonds. The molecule has 0 aromatic heterocycles. The van der Waals surface area contributed by atoms with Gasteiger partial charge in [0, 0.05) is 19.3 Å². The third-order valence-corrected chi connectivity index (χ3v) is 5.57. The summed E-state index contributed by atoms with van der Waals surface area (Å²) in [5, 5.41) is 0. The lowest BCUT2D eigenvalue weighted by Crippen LogP contribution is -2.66. The Balaban J connectivity index is 2.04. The number of hydrogen-bond acceptors (Lipinski definition) is 0. The fourth-order valence-corrected chi connectivity index (χ4v) is 5.30. The van der Waals surface area contributed by atoms with E-state index in [4.69, 9.17) is 0 Å². The first kappa shape index (κ1) is 11.9. The van der Waals surface area contributed by atoms with Crippen LogP contribution >= 0.6 is 0 Å². The fraction of sp³-hybridized carbons (Fsp3) is 1.00. The van der Waals surface area contributed by atoms with Gasteiger partial charge in [0.1, 0.15) is 17.0 Å². The molecule has 0 nitrogen and oxygen atoms in total. The third-order valence-electron chi connectivity index (χ3n) is 5.57. The molecule has 0 aliphatic heterocycles. The minimum Gasteiger partial charge on any atom is -0.244 e. The van der Waals surface area contributed by atoms with Crippen molar-refractivity contribution in [1.29, 1.82) is 0 Å². The van der Waals surface area contributed by atoms with Gasteiger partial charge in [-0.1, -0.05) is 20.3 Å². The van der Waals surface area contributed by atoms with E-state index in [-0.39, 0.29) is 25.2 Å². The molecule has 1 atom stereocenters. The minimum atomic E-state index is -1.58. The van der Waals surface area contributed by atoms with Crippen LogP contribution in [0.1, 0.15) is 58.8 Å². The molecule has 0 radical (unpaired) electrons. The normalized spacial score (nSPS) is 58.4. The largest absolute Gasteiger partial charge is 0.244 e. The Bertz CT molecular complexity index is 298. The molecule has 17 heavy (non-hydrogen) atoms. The molecule has 0 spiro atoms. The zero-order chi connectivity index (χ0) is 12.5. The van der Waals surface area contributed by atoms with Crippen LogP contribution in [0, 0.1) is 11.3 Å². The van der Waals surface area contributed by atoms with Crippen molar-refractivity contribution in [2.75, 3.05) is 0 Å². The van der Waals surface area contributed by atoms with Crippen molar-refractivity contribution in [3.05, 3.63) is 0 Å². The number of halogens is 3. The van der Waals surface area contributed by atoms with E-state index in [1.807, 2.05) is 13.8 Å². The summed E-state index contributed by atoms with van der Waals surface area (Å²) in [6.45, 7) is 4.06. The fourth-order valence-electron chi connectivity index (χ4n) is 5.30. The minimum absolute atomic E-state index is 0.0656.